The van der Waals surface area contributed by atoms with Gasteiger partial charge in [-0.1, -0.05) is 32.0 Å². The monoisotopic (exact) mass is 165 g/mol. The van der Waals surface area contributed by atoms with E-state index in [9.17, 15) is 0 Å². The Bertz CT molecular complexity index is 210. The lowest BCUT2D eigenvalue weighted by molar-refractivity contribution is 0.180. The fourth-order valence-electron chi connectivity index (χ4n) is 1.12. The molecule has 0 radical (unpaired) electrons. The summed E-state index contributed by atoms with van der Waals surface area (Å²) in [6.45, 7) is 4.91. The van der Waals surface area contributed by atoms with Crippen molar-refractivity contribution in [3.63, 3.8) is 0 Å². The van der Waals surface area contributed by atoms with Crippen molar-refractivity contribution in [1.82, 2.24) is 5.48 Å². The summed E-state index contributed by atoms with van der Waals surface area (Å²) in [5, 5.41) is 0. The summed E-state index contributed by atoms with van der Waals surface area (Å²) in [5.41, 5.74) is 4.13. The van der Waals surface area contributed by atoms with Gasteiger partial charge in [-0.2, -0.15) is 5.48 Å². The minimum absolute atomic E-state index is 0.914. The topological polar surface area (TPSA) is 21.3 Å². The summed E-state index contributed by atoms with van der Waals surface area (Å²) >= 11 is 0. The van der Waals surface area contributed by atoms with E-state index in [0.29, 0.717) is 0 Å². The van der Waals surface area contributed by atoms with E-state index >= 15 is 0 Å². The maximum absolute atomic E-state index is 5.17. The molecular formula is C10H15NO. The molecule has 0 bridgehead atoms. The zero-order valence-electron chi connectivity index (χ0n) is 7.63. The largest absolute Gasteiger partial charge is 0.408 e. The van der Waals surface area contributed by atoms with Crippen molar-refractivity contribution < 1.29 is 4.84 Å². The van der Waals surface area contributed by atoms with Crippen LogP contribution in [0, 0.1) is 0 Å². The van der Waals surface area contributed by atoms with Crippen LogP contribution < -0.4 is 10.3 Å². The van der Waals surface area contributed by atoms with Crippen molar-refractivity contribution in [2.45, 2.75) is 20.3 Å². The van der Waals surface area contributed by atoms with Crippen LogP contribution in [-0.2, 0) is 6.42 Å². The van der Waals surface area contributed by atoms with Crippen molar-refractivity contribution >= 4 is 0 Å². The maximum Gasteiger partial charge on any atom is 0.150 e. The summed E-state index contributed by atoms with van der Waals surface area (Å²) in [6, 6.07) is 8.08. The van der Waals surface area contributed by atoms with Crippen molar-refractivity contribution in [3.05, 3.63) is 29.8 Å². The average Bonchev–Trinajstić information content (AvgIpc) is 2.21. The molecule has 1 aliphatic rings. The molecule has 2 heteroatoms. The fraction of sp³-hybridized carbons (Fsp3) is 0.400. The molecule has 0 aromatic heterocycles. The smallest absolute Gasteiger partial charge is 0.150 e. The van der Waals surface area contributed by atoms with Crippen molar-refractivity contribution in [2.24, 2.45) is 0 Å². The third-order valence-electron chi connectivity index (χ3n) is 1.65. The van der Waals surface area contributed by atoms with Gasteiger partial charge in [0.15, 0.2) is 0 Å². The molecule has 1 N–H and O–H groups in total. The summed E-state index contributed by atoms with van der Waals surface area (Å²) in [6.07, 6.45) is 1.07. The summed E-state index contributed by atoms with van der Waals surface area (Å²) in [4.78, 5) is 5.17. The van der Waals surface area contributed by atoms with Gasteiger partial charge >= 0.3 is 0 Å². The number of fused-ring (bicyclic) bond motifs is 1. The van der Waals surface area contributed by atoms with E-state index in [1.54, 1.807) is 0 Å². The van der Waals surface area contributed by atoms with Crippen LogP contribution in [0.4, 0.5) is 0 Å². The maximum atomic E-state index is 5.17. The third-order valence-corrected chi connectivity index (χ3v) is 1.65. The lowest BCUT2D eigenvalue weighted by Gasteiger charge is -2.16. The number of hydroxylamine groups is 1. The highest BCUT2D eigenvalue weighted by molar-refractivity contribution is 5.34. The second-order valence-electron chi connectivity index (χ2n) is 2.35. The van der Waals surface area contributed by atoms with Gasteiger partial charge in [-0.15, -0.1) is 0 Å². The number of nitrogens with one attached hydrogen (secondary N) is 1. The van der Waals surface area contributed by atoms with Gasteiger partial charge in [0.2, 0.25) is 0 Å². The molecule has 1 heterocycles. The Morgan fingerprint density at radius 3 is 2.75 bits per heavy atom. The van der Waals surface area contributed by atoms with E-state index < -0.39 is 0 Å². The number of para-hydroxylation sites is 1. The van der Waals surface area contributed by atoms with Gasteiger partial charge in [0.05, 0.1) is 0 Å². The highest BCUT2D eigenvalue weighted by Crippen LogP contribution is 2.19. The van der Waals surface area contributed by atoms with Gasteiger partial charge in [-0.05, 0) is 18.1 Å². The van der Waals surface area contributed by atoms with Crippen LogP contribution in [0.3, 0.4) is 0 Å². The summed E-state index contributed by atoms with van der Waals surface area (Å²) in [7, 11) is 0. The molecule has 2 rings (SSSR count). The van der Waals surface area contributed by atoms with Gasteiger partial charge in [0.25, 0.3) is 0 Å². The lowest BCUT2D eigenvalue weighted by Crippen LogP contribution is -2.26. The second kappa shape index (κ2) is 4.78. The first-order valence-electron chi connectivity index (χ1n) is 4.44. The zero-order chi connectivity index (χ0) is 8.81. The molecule has 0 aliphatic carbocycles. The van der Waals surface area contributed by atoms with Gasteiger partial charge in [-0.25, -0.2) is 0 Å². The van der Waals surface area contributed by atoms with Crippen LogP contribution in [-0.4, -0.2) is 6.54 Å². The van der Waals surface area contributed by atoms with E-state index in [1.807, 2.05) is 32.0 Å². The molecular weight excluding hydrogens is 150 g/mol. The molecule has 0 saturated heterocycles. The van der Waals surface area contributed by atoms with Crippen LogP contribution in [0.15, 0.2) is 24.3 Å². The first-order chi connectivity index (χ1) is 5.97. The van der Waals surface area contributed by atoms with Crippen LogP contribution in [0.1, 0.15) is 19.4 Å². The van der Waals surface area contributed by atoms with Gasteiger partial charge in [0.1, 0.15) is 5.75 Å². The quantitative estimate of drug-likeness (QED) is 0.636. The zero-order valence-corrected chi connectivity index (χ0v) is 7.63. The van der Waals surface area contributed by atoms with Gasteiger partial charge in [0, 0.05) is 6.54 Å². The molecule has 0 fully saturated rings. The number of benzene rings is 1. The molecule has 1 aliphatic heterocycles. The SMILES string of the molecule is CC.c1ccc2c(c1)CCNO2. The standard InChI is InChI=1S/C8H9NO.C2H6/c1-2-4-8-7(3-1)5-6-9-10-8;1-2/h1-4,9H,5-6H2;1-2H3. The van der Waals surface area contributed by atoms with Crippen LogP contribution >= 0.6 is 0 Å². The molecule has 0 saturated carbocycles. The minimum Gasteiger partial charge on any atom is -0.408 e. The van der Waals surface area contributed by atoms with Crippen molar-refractivity contribution in [1.29, 1.82) is 0 Å². The molecule has 0 spiro atoms. The first-order valence-corrected chi connectivity index (χ1v) is 4.44. The van der Waals surface area contributed by atoms with Gasteiger partial charge < -0.3 is 4.84 Å². The molecule has 1 aromatic carbocycles. The Labute approximate surface area is 73.5 Å². The van der Waals surface area contributed by atoms with Crippen LogP contribution in [0.5, 0.6) is 5.75 Å². The lowest BCUT2D eigenvalue weighted by atomic mass is 10.1. The van der Waals surface area contributed by atoms with Crippen molar-refractivity contribution in [2.75, 3.05) is 6.54 Å². The van der Waals surface area contributed by atoms with E-state index in [1.165, 1.54) is 5.56 Å². The van der Waals surface area contributed by atoms with E-state index in [2.05, 4.69) is 11.5 Å². The van der Waals surface area contributed by atoms with Gasteiger partial charge in [-0.3, -0.25) is 0 Å². The molecule has 0 atom stereocenters. The fourth-order valence-corrected chi connectivity index (χ4v) is 1.12. The minimum atomic E-state index is 0.914. The molecule has 1 aromatic rings. The highest BCUT2D eigenvalue weighted by Gasteiger charge is 2.06. The summed E-state index contributed by atoms with van der Waals surface area (Å²) in [5.74, 6) is 0.966. The van der Waals surface area contributed by atoms with Crippen LogP contribution in [0.2, 0.25) is 0 Å². The van der Waals surface area contributed by atoms with E-state index in [4.69, 9.17) is 4.84 Å². The molecule has 0 amide bonds. The Hall–Kier alpha value is -1.02. The normalized spacial score (nSPS) is 13.5. The molecule has 0 unspecified atom stereocenters. The molecule has 12 heavy (non-hydrogen) atoms. The highest BCUT2D eigenvalue weighted by atomic mass is 16.6. The Balaban J connectivity index is 0.000000336. The Morgan fingerprint density at radius 1 is 1.25 bits per heavy atom. The predicted octanol–water partition coefficient (Wildman–Crippen LogP) is 2.15. The Morgan fingerprint density at radius 2 is 2.00 bits per heavy atom. The number of hydrogen-bond acceptors (Lipinski definition) is 2. The number of rotatable bonds is 0. The predicted molar refractivity (Wildman–Crippen MR) is 50.1 cm³/mol. The third kappa shape index (κ3) is 1.98. The summed E-state index contributed by atoms with van der Waals surface area (Å²) < 4.78 is 0. The molecule has 66 valence electrons. The average molecular weight is 165 g/mol. The Kier molecular flexibility index (Phi) is 3.61. The molecule has 2 nitrogen and oxygen atoms in total. The van der Waals surface area contributed by atoms with Crippen LogP contribution in [0.25, 0.3) is 0 Å². The second-order valence-corrected chi connectivity index (χ2v) is 2.35. The first kappa shape index (κ1) is 9.07. The number of hydrogen-bond donors (Lipinski definition) is 1. The van der Waals surface area contributed by atoms with E-state index in [0.717, 1.165) is 18.7 Å². The van der Waals surface area contributed by atoms with Crippen molar-refractivity contribution in [3.8, 4) is 5.75 Å². The van der Waals surface area contributed by atoms with E-state index in [-0.39, 0.29) is 0 Å².